The molecule has 0 radical (unpaired) electrons. The predicted molar refractivity (Wildman–Crippen MR) is 149 cm³/mol. The first-order chi connectivity index (χ1) is 17.8. The average molecular weight is 505 g/mol. The first-order valence-electron chi connectivity index (χ1n) is 12.8. The van der Waals surface area contributed by atoms with Crippen molar-refractivity contribution in [1.82, 2.24) is 4.90 Å². The van der Waals surface area contributed by atoms with E-state index in [1.54, 1.807) is 12.1 Å². The highest BCUT2D eigenvalue weighted by Gasteiger charge is 2.18. The van der Waals surface area contributed by atoms with E-state index in [4.69, 9.17) is 9.47 Å². The number of rotatable bonds is 7. The second-order valence-corrected chi connectivity index (χ2v) is 10.2. The molecule has 0 unspecified atom stereocenters. The fourth-order valence-electron chi connectivity index (χ4n) is 4.33. The lowest BCUT2D eigenvalue weighted by Crippen LogP contribution is -2.33. The van der Waals surface area contributed by atoms with Crippen LogP contribution < -0.4 is 20.7 Å². The summed E-state index contributed by atoms with van der Waals surface area (Å²) in [6, 6.07) is 18.0. The van der Waals surface area contributed by atoms with Crippen molar-refractivity contribution in [2.24, 2.45) is 0 Å². The summed E-state index contributed by atoms with van der Waals surface area (Å²) in [7, 11) is 0. The van der Waals surface area contributed by atoms with Crippen LogP contribution in [0.4, 0.5) is 26.7 Å². The molecule has 1 heterocycles. The molecule has 0 bridgehead atoms. The highest BCUT2D eigenvalue weighted by molar-refractivity contribution is 6.10. The van der Waals surface area contributed by atoms with Crippen LogP contribution in [0.25, 0.3) is 10.8 Å². The Kier molecular flexibility index (Phi) is 8.50. The second-order valence-electron chi connectivity index (χ2n) is 10.2. The van der Waals surface area contributed by atoms with Gasteiger partial charge in [-0.2, -0.15) is 0 Å². The van der Waals surface area contributed by atoms with Crippen molar-refractivity contribution < 1.29 is 19.1 Å². The van der Waals surface area contributed by atoms with Gasteiger partial charge in [-0.3, -0.25) is 10.2 Å². The predicted octanol–water partition coefficient (Wildman–Crippen LogP) is 6.70. The number of likely N-dealkylation sites (tertiary alicyclic amines) is 1. The molecule has 1 aliphatic heterocycles. The van der Waals surface area contributed by atoms with E-state index in [9.17, 15) is 9.59 Å². The fourth-order valence-corrected chi connectivity index (χ4v) is 4.33. The number of nitrogens with one attached hydrogen (secondary N) is 3. The summed E-state index contributed by atoms with van der Waals surface area (Å²) < 4.78 is 11.2. The number of hydrogen-bond donors (Lipinski definition) is 3. The van der Waals surface area contributed by atoms with Crippen molar-refractivity contribution in [1.29, 1.82) is 0 Å². The van der Waals surface area contributed by atoms with Crippen LogP contribution >= 0.6 is 0 Å². The molecule has 3 N–H and O–H groups in total. The van der Waals surface area contributed by atoms with Crippen molar-refractivity contribution in [2.45, 2.75) is 45.6 Å². The number of benzene rings is 3. The maximum atomic E-state index is 12.7. The Bertz CT molecular complexity index is 1210. The zero-order chi connectivity index (χ0) is 26.3. The molecule has 37 heavy (non-hydrogen) atoms. The van der Waals surface area contributed by atoms with E-state index in [-0.39, 0.29) is 6.03 Å². The van der Waals surface area contributed by atoms with Gasteiger partial charge in [0.1, 0.15) is 18.0 Å². The van der Waals surface area contributed by atoms with E-state index in [2.05, 4.69) is 20.9 Å². The summed E-state index contributed by atoms with van der Waals surface area (Å²) in [4.78, 5) is 27.4. The minimum Gasteiger partial charge on any atom is -0.492 e. The first-order valence-corrected chi connectivity index (χ1v) is 12.8. The van der Waals surface area contributed by atoms with Crippen LogP contribution in [0.1, 0.15) is 40.0 Å². The molecular formula is C29H36N4O4. The van der Waals surface area contributed by atoms with Crippen molar-refractivity contribution in [2.75, 3.05) is 42.2 Å². The molecular weight excluding hydrogens is 468 g/mol. The third-order valence-corrected chi connectivity index (χ3v) is 6.05. The van der Waals surface area contributed by atoms with Gasteiger partial charge in [-0.25, -0.2) is 9.59 Å². The average Bonchev–Trinajstić information content (AvgIpc) is 2.86. The van der Waals surface area contributed by atoms with Gasteiger partial charge in [-0.15, -0.1) is 0 Å². The number of urea groups is 1. The van der Waals surface area contributed by atoms with E-state index < -0.39 is 11.7 Å². The van der Waals surface area contributed by atoms with Gasteiger partial charge in [-0.05, 0) is 83.1 Å². The Hall–Kier alpha value is -3.78. The van der Waals surface area contributed by atoms with Crippen molar-refractivity contribution in [3.8, 4) is 5.75 Å². The molecule has 3 amide bonds. The molecule has 8 nitrogen and oxygen atoms in total. The number of hydrogen-bond acceptors (Lipinski definition) is 5. The third-order valence-electron chi connectivity index (χ3n) is 6.05. The maximum Gasteiger partial charge on any atom is 0.412 e. The highest BCUT2D eigenvalue weighted by atomic mass is 16.6. The van der Waals surface area contributed by atoms with Crippen molar-refractivity contribution >= 4 is 40.0 Å². The van der Waals surface area contributed by atoms with Crippen molar-refractivity contribution in [3.63, 3.8) is 0 Å². The molecule has 0 aromatic heterocycles. The number of amides is 3. The Balaban J connectivity index is 1.34. The lowest BCUT2D eigenvalue weighted by molar-refractivity contribution is 0.0636. The Morgan fingerprint density at radius 3 is 2.05 bits per heavy atom. The van der Waals surface area contributed by atoms with Gasteiger partial charge in [0.2, 0.25) is 0 Å². The molecule has 1 aliphatic rings. The minimum absolute atomic E-state index is 0.364. The molecule has 0 atom stereocenters. The van der Waals surface area contributed by atoms with Crippen LogP contribution in [-0.2, 0) is 4.74 Å². The summed E-state index contributed by atoms with van der Waals surface area (Å²) in [5.41, 5.74) is 1.29. The third kappa shape index (κ3) is 7.85. The smallest absolute Gasteiger partial charge is 0.412 e. The first kappa shape index (κ1) is 26.3. The normalized spacial score (nSPS) is 14.1. The molecule has 8 heteroatoms. The number of fused-ring (bicyclic) bond motifs is 1. The standard InChI is InChI=1S/C29H36N4O4/c1-29(2,3)37-28(35)32-26-16-15-25(23-9-5-6-10-24(23)26)31-27(34)30-21-11-13-22(14-12-21)36-20-19-33-17-7-4-8-18-33/h5-6,9-16H,4,7-8,17-20H2,1-3H3,(H,32,35)(H2,30,31,34). The molecule has 0 spiro atoms. The van der Waals surface area contributed by atoms with E-state index in [0.717, 1.165) is 36.2 Å². The Labute approximate surface area is 218 Å². The largest absolute Gasteiger partial charge is 0.492 e. The number of nitrogens with zero attached hydrogens (tertiary/aromatic N) is 1. The fraction of sp³-hybridized carbons (Fsp3) is 0.379. The monoisotopic (exact) mass is 504 g/mol. The number of piperidine rings is 1. The number of carbonyl (C=O) groups excluding carboxylic acids is 2. The summed E-state index contributed by atoms with van der Waals surface area (Å²) in [5.74, 6) is 0.780. The molecule has 196 valence electrons. The Morgan fingerprint density at radius 1 is 0.811 bits per heavy atom. The summed E-state index contributed by atoms with van der Waals surface area (Å²) >= 11 is 0. The maximum absolute atomic E-state index is 12.7. The van der Waals surface area contributed by atoms with Gasteiger partial charge < -0.3 is 20.1 Å². The van der Waals surface area contributed by atoms with E-state index in [0.29, 0.717) is 23.7 Å². The molecule has 1 saturated heterocycles. The van der Waals surface area contributed by atoms with Crippen LogP contribution in [-0.4, -0.2) is 48.9 Å². The summed E-state index contributed by atoms with van der Waals surface area (Å²) in [5, 5.41) is 10.1. The minimum atomic E-state index is -0.600. The van der Waals surface area contributed by atoms with Gasteiger partial charge in [0.05, 0.1) is 11.4 Å². The summed E-state index contributed by atoms with van der Waals surface area (Å²) in [6.45, 7) is 9.33. The Morgan fingerprint density at radius 2 is 1.43 bits per heavy atom. The van der Waals surface area contributed by atoms with Gasteiger partial charge >= 0.3 is 12.1 Å². The highest BCUT2D eigenvalue weighted by Crippen LogP contribution is 2.30. The molecule has 3 aromatic carbocycles. The van der Waals surface area contributed by atoms with Crippen LogP contribution in [0.2, 0.25) is 0 Å². The molecule has 0 aliphatic carbocycles. The number of carbonyl (C=O) groups is 2. The van der Waals surface area contributed by atoms with E-state index >= 15 is 0 Å². The van der Waals surface area contributed by atoms with Gasteiger partial charge in [-0.1, -0.05) is 30.7 Å². The zero-order valence-electron chi connectivity index (χ0n) is 21.8. The van der Waals surface area contributed by atoms with Crippen LogP contribution in [0.5, 0.6) is 5.75 Å². The van der Waals surface area contributed by atoms with Gasteiger partial charge in [0.15, 0.2) is 0 Å². The molecule has 4 rings (SSSR count). The van der Waals surface area contributed by atoms with Gasteiger partial charge in [0, 0.05) is 23.0 Å². The zero-order valence-corrected chi connectivity index (χ0v) is 21.8. The van der Waals surface area contributed by atoms with E-state index in [1.165, 1.54) is 19.3 Å². The lowest BCUT2D eigenvalue weighted by atomic mass is 10.1. The summed E-state index contributed by atoms with van der Waals surface area (Å²) in [6.07, 6.45) is 3.33. The molecule has 0 saturated carbocycles. The van der Waals surface area contributed by atoms with Crippen LogP contribution in [0, 0.1) is 0 Å². The quantitative estimate of drug-likeness (QED) is 0.333. The SMILES string of the molecule is CC(C)(C)OC(=O)Nc1ccc(NC(=O)Nc2ccc(OCCN3CCCCC3)cc2)c2ccccc12. The van der Waals surface area contributed by atoms with Crippen molar-refractivity contribution in [3.05, 3.63) is 60.7 Å². The van der Waals surface area contributed by atoms with Crippen LogP contribution in [0.15, 0.2) is 60.7 Å². The topological polar surface area (TPSA) is 91.9 Å². The van der Waals surface area contributed by atoms with Crippen LogP contribution in [0.3, 0.4) is 0 Å². The second kappa shape index (κ2) is 12.0. The number of ether oxygens (including phenoxy) is 2. The van der Waals surface area contributed by atoms with Gasteiger partial charge in [0.25, 0.3) is 0 Å². The molecule has 1 fully saturated rings. The number of anilines is 3. The molecule has 3 aromatic rings. The lowest BCUT2D eigenvalue weighted by Gasteiger charge is -2.26. The van der Waals surface area contributed by atoms with E-state index in [1.807, 2.05) is 69.3 Å².